The van der Waals surface area contributed by atoms with E-state index in [1.807, 2.05) is 0 Å². The third-order valence-corrected chi connectivity index (χ3v) is 3.88. The van der Waals surface area contributed by atoms with Crippen molar-refractivity contribution < 1.29 is 18.8 Å². The number of hydrazine groups is 1. The van der Waals surface area contributed by atoms with Gasteiger partial charge < -0.3 is 4.90 Å². The van der Waals surface area contributed by atoms with Gasteiger partial charge in [-0.15, -0.1) is 0 Å². The first kappa shape index (κ1) is 17.9. The van der Waals surface area contributed by atoms with Gasteiger partial charge >= 0.3 is 0 Å². The van der Waals surface area contributed by atoms with Crippen molar-refractivity contribution in [3.8, 4) is 0 Å². The van der Waals surface area contributed by atoms with Crippen LogP contribution in [0.5, 0.6) is 0 Å². The lowest BCUT2D eigenvalue weighted by molar-refractivity contribution is -0.137. The predicted molar refractivity (Wildman–Crippen MR) is 86.1 cm³/mol. The van der Waals surface area contributed by atoms with E-state index in [-0.39, 0.29) is 24.7 Å². The normalized spacial score (nSPS) is 15.4. The minimum absolute atomic E-state index is 0.0255. The molecule has 1 aliphatic rings. The maximum absolute atomic E-state index is 12.8. The molecule has 0 aromatic heterocycles. The first-order chi connectivity index (χ1) is 11.5. The van der Waals surface area contributed by atoms with Crippen LogP contribution in [-0.4, -0.2) is 35.7 Å². The number of hydrogen-bond donors (Lipinski definition) is 2. The Labute approximate surface area is 140 Å². The second-order valence-corrected chi connectivity index (χ2v) is 5.88. The number of carbonyl (C=O) groups excluding carboxylic acids is 3. The highest BCUT2D eigenvalue weighted by molar-refractivity contribution is 5.87. The molecule has 0 atom stereocenters. The van der Waals surface area contributed by atoms with E-state index in [1.54, 1.807) is 0 Å². The van der Waals surface area contributed by atoms with Gasteiger partial charge in [-0.25, -0.2) is 4.39 Å². The first-order valence-electron chi connectivity index (χ1n) is 8.14. The molecule has 6 nitrogen and oxygen atoms in total. The van der Waals surface area contributed by atoms with Crippen LogP contribution in [0, 0.1) is 5.82 Å². The summed E-state index contributed by atoms with van der Waals surface area (Å²) in [6.07, 6.45) is 4.33. The third kappa shape index (κ3) is 5.98. The van der Waals surface area contributed by atoms with Crippen LogP contribution in [0.1, 0.15) is 37.7 Å². The Bertz CT molecular complexity index is 589. The molecule has 0 radical (unpaired) electrons. The summed E-state index contributed by atoms with van der Waals surface area (Å²) in [6, 6.07) is 5.56. The average Bonchev–Trinajstić information content (AvgIpc) is 2.55. The molecule has 0 unspecified atom stereocenters. The fourth-order valence-corrected chi connectivity index (χ4v) is 2.57. The summed E-state index contributed by atoms with van der Waals surface area (Å²) in [5.74, 6) is -1.24. The summed E-state index contributed by atoms with van der Waals surface area (Å²) in [6.45, 7) is 0.505. The molecule has 1 fully saturated rings. The number of nitrogens with zero attached hydrogens (tertiary/aromatic N) is 1. The number of halogens is 1. The second kappa shape index (κ2) is 9.00. The zero-order valence-corrected chi connectivity index (χ0v) is 13.5. The quantitative estimate of drug-likeness (QED) is 0.814. The molecule has 24 heavy (non-hydrogen) atoms. The molecule has 1 aromatic carbocycles. The predicted octanol–water partition coefficient (Wildman–Crippen LogP) is 1.31. The minimum Gasteiger partial charge on any atom is -0.333 e. The van der Waals surface area contributed by atoms with Gasteiger partial charge in [0.25, 0.3) is 5.91 Å². The third-order valence-electron chi connectivity index (χ3n) is 3.88. The molecular formula is C17H22FN3O3. The van der Waals surface area contributed by atoms with Gasteiger partial charge in [0.1, 0.15) is 12.4 Å². The largest absolute Gasteiger partial charge is 0.333 e. The highest BCUT2D eigenvalue weighted by atomic mass is 19.1. The highest BCUT2D eigenvalue weighted by Gasteiger charge is 2.18. The van der Waals surface area contributed by atoms with Crippen molar-refractivity contribution in [1.29, 1.82) is 0 Å². The number of benzene rings is 1. The molecule has 1 heterocycles. The highest BCUT2D eigenvalue weighted by Crippen LogP contribution is 2.11. The van der Waals surface area contributed by atoms with E-state index in [2.05, 4.69) is 10.9 Å². The van der Waals surface area contributed by atoms with Crippen molar-refractivity contribution in [2.45, 2.75) is 38.5 Å². The van der Waals surface area contributed by atoms with Crippen LogP contribution < -0.4 is 10.9 Å². The molecule has 1 aromatic rings. The van der Waals surface area contributed by atoms with Crippen molar-refractivity contribution in [2.24, 2.45) is 0 Å². The van der Waals surface area contributed by atoms with E-state index < -0.39 is 11.8 Å². The lowest BCUT2D eigenvalue weighted by Gasteiger charge is -2.24. The maximum atomic E-state index is 12.8. The van der Waals surface area contributed by atoms with E-state index in [4.69, 9.17) is 0 Å². The van der Waals surface area contributed by atoms with E-state index in [0.717, 1.165) is 25.7 Å². The fraction of sp³-hybridized carbons (Fsp3) is 0.471. The Hall–Kier alpha value is -2.44. The summed E-state index contributed by atoms with van der Waals surface area (Å²) < 4.78 is 12.8. The van der Waals surface area contributed by atoms with Gasteiger partial charge in [0.05, 0.1) is 6.42 Å². The molecule has 0 aliphatic carbocycles. The molecule has 1 aliphatic heterocycles. The van der Waals surface area contributed by atoms with Gasteiger partial charge in [-0.05, 0) is 30.5 Å². The topological polar surface area (TPSA) is 78.5 Å². The second-order valence-electron chi connectivity index (χ2n) is 5.88. The lowest BCUT2D eigenvalue weighted by atomic mass is 10.1. The SMILES string of the molecule is O=C(Cc1ccc(F)cc1)NNC(=O)CN1CCCCCCC1=O. The number of rotatable bonds is 4. The summed E-state index contributed by atoms with van der Waals surface area (Å²) >= 11 is 0. The van der Waals surface area contributed by atoms with Gasteiger partial charge in [-0.2, -0.15) is 0 Å². The summed E-state index contributed by atoms with van der Waals surface area (Å²) in [7, 11) is 0. The van der Waals surface area contributed by atoms with Gasteiger partial charge in [0.15, 0.2) is 0 Å². The van der Waals surface area contributed by atoms with Crippen LogP contribution in [0.3, 0.4) is 0 Å². The Kier molecular flexibility index (Phi) is 6.72. The monoisotopic (exact) mass is 335 g/mol. The lowest BCUT2D eigenvalue weighted by Crippen LogP contribution is -2.48. The van der Waals surface area contributed by atoms with Crippen molar-refractivity contribution in [2.75, 3.05) is 13.1 Å². The number of nitrogens with one attached hydrogen (secondary N) is 2. The van der Waals surface area contributed by atoms with E-state index >= 15 is 0 Å². The summed E-state index contributed by atoms with van der Waals surface area (Å²) in [5, 5.41) is 0. The van der Waals surface area contributed by atoms with Crippen LogP contribution >= 0.6 is 0 Å². The number of hydrogen-bond acceptors (Lipinski definition) is 3. The van der Waals surface area contributed by atoms with Crippen LogP contribution in [0.2, 0.25) is 0 Å². The molecule has 0 bridgehead atoms. The molecular weight excluding hydrogens is 313 g/mol. The molecule has 0 saturated carbocycles. The number of amides is 3. The smallest absolute Gasteiger partial charge is 0.257 e. The number of carbonyl (C=O) groups is 3. The van der Waals surface area contributed by atoms with Crippen molar-refractivity contribution in [1.82, 2.24) is 15.8 Å². The van der Waals surface area contributed by atoms with Gasteiger partial charge in [0, 0.05) is 13.0 Å². The van der Waals surface area contributed by atoms with Crippen molar-refractivity contribution >= 4 is 17.7 Å². The molecule has 7 heteroatoms. The fourth-order valence-electron chi connectivity index (χ4n) is 2.57. The standard InChI is InChI=1S/C17H22FN3O3/c18-14-8-6-13(7-9-14)11-15(22)19-20-16(23)12-21-10-4-2-1-3-5-17(21)24/h6-9H,1-5,10-12H2,(H,19,22)(H,20,23). The maximum Gasteiger partial charge on any atom is 0.257 e. The van der Waals surface area contributed by atoms with Crippen LogP contribution in [0.15, 0.2) is 24.3 Å². The van der Waals surface area contributed by atoms with Gasteiger partial charge in [-0.3, -0.25) is 25.2 Å². The minimum atomic E-state index is -0.434. The summed E-state index contributed by atoms with van der Waals surface area (Å²) in [5.41, 5.74) is 5.26. The van der Waals surface area contributed by atoms with E-state index in [1.165, 1.54) is 29.2 Å². The Morgan fingerprint density at radius 1 is 1.00 bits per heavy atom. The first-order valence-corrected chi connectivity index (χ1v) is 8.14. The molecule has 0 spiro atoms. The van der Waals surface area contributed by atoms with Gasteiger partial charge in [0.2, 0.25) is 11.8 Å². The molecule has 2 N–H and O–H groups in total. The zero-order valence-electron chi connectivity index (χ0n) is 13.5. The Balaban J connectivity index is 1.74. The molecule has 2 rings (SSSR count). The zero-order chi connectivity index (χ0) is 17.4. The van der Waals surface area contributed by atoms with Crippen LogP contribution in [-0.2, 0) is 20.8 Å². The van der Waals surface area contributed by atoms with Crippen LogP contribution in [0.4, 0.5) is 4.39 Å². The summed E-state index contributed by atoms with van der Waals surface area (Å²) in [4.78, 5) is 37.1. The average molecular weight is 335 g/mol. The van der Waals surface area contributed by atoms with Crippen molar-refractivity contribution in [3.63, 3.8) is 0 Å². The Morgan fingerprint density at radius 2 is 1.67 bits per heavy atom. The van der Waals surface area contributed by atoms with Gasteiger partial charge in [-0.1, -0.05) is 25.0 Å². The Morgan fingerprint density at radius 3 is 2.42 bits per heavy atom. The molecule has 130 valence electrons. The van der Waals surface area contributed by atoms with E-state index in [0.29, 0.717) is 18.5 Å². The van der Waals surface area contributed by atoms with Crippen LogP contribution in [0.25, 0.3) is 0 Å². The number of likely N-dealkylation sites (tertiary alicyclic amines) is 1. The van der Waals surface area contributed by atoms with E-state index in [9.17, 15) is 18.8 Å². The van der Waals surface area contributed by atoms with Crippen molar-refractivity contribution in [3.05, 3.63) is 35.6 Å². The molecule has 3 amide bonds. The molecule has 1 saturated heterocycles.